The summed E-state index contributed by atoms with van der Waals surface area (Å²) in [5.41, 5.74) is 3.13. The van der Waals surface area contributed by atoms with Crippen molar-refractivity contribution in [3.8, 4) is 0 Å². The highest BCUT2D eigenvalue weighted by atomic mass is 32.2. The molecule has 122 valence electrons. The zero-order valence-corrected chi connectivity index (χ0v) is 13.5. The third-order valence-electron chi connectivity index (χ3n) is 4.22. The lowest BCUT2D eigenvalue weighted by atomic mass is 10.1. The molecule has 0 amide bonds. The summed E-state index contributed by atoms with van der Waals surface area (Å²) in [6.07, 6.45) is 1.93. The summed E-state index contributed by atoms with van der Waals surface area (Å²) in [5, 5.41) is 13.1. The molecule has 6 nitrogen and oxygen atoms in total. The number of anilines is 2. The fourth-order valence-electron chi connectivity index (χ4n) is 3.01. The summed E-state index contributed by atoms with van der Waals surface area (Å²) in [5.74, 6) is 0.715. The molecule has 0 fully saturated rings. The van der Waals surface area contributed by atoms with Gasteiger partial charge in [0.1, 0.15) is 12.1 Å². The molecular weight excluding hydrogens is 326 g/mol. The smallest absolute Gasteiger partial charge is 0.179 e. The van der Waals surface area contributed by atoms with E-state index in [0.29, 0.717) is 17.1 Å². The molecule has 0 bridgehead atoms. The maximum Gasteiger partial charge on any atom is 0.179 e. The summed E-state index contributed by atoms with van der Waals surface area (Å²) >= 11 is 0. The summed E-state index contributed by atoms with van der Waals surface area (Å²) < 4.78 is 24.3. The predicted octanol–water partition coefficient (Wildman–Crippen LogP) is 2.20. The number of benzene rings is 2. The fourth-order valence-corrected chi connectivity index (χ4v) is 4.56. The van der Waals surface area contributed by atoms with E-state index in [1.165, 1.54) is 6.33 Å². The lowest BCUT2D eigenvalue weighted by Crippen LogP contribution is -2.00. The minimum Gasteiger partial charge on any atom is -0.392 e. The first kappa shape index (κ1) is 15.0. The van der Waals surface area contributed by atoms with Crippen LogP contribution in [0, 0.1) is 0 Å². The molecule has 0 atom stereocenters. The van der Waals surface area contributed by atoms with Gasteiger partial charge in [0.05, 0.1) is 22.8 Å². The molecule has 0 saturated heterocycles. The molecule has 0 aliphatic carbocycles. The van der Waals surface area contributed by atoms with E-state index in [1.807, 2.05) is 24.3 Å². The van der Waals surface area contributed by atoms with Crippen LogP contribution in [-0.2, 0) is 22.9 Å². The molecule has 0 saturated carbocycles. The van der Waals surface area contributed by atoms with E-state index in [0.717, 1.165) is 27.7 Å². The maximum absolute atomic E-state index is 12.2. The first-order valence-electron chi connectivity index (χ1n) is 7.55. The third-order valence-corrected chi connectivity index (χ3v) is 6.02. The number of sulfone groups is 1. The Kier molecular flexibility index (Phi) is 3.47. The molecule has 2 heterocycles. The van der Waals surface area contributed by atoms with Crippen molar-refractivity contribution < 1.29 is 13.5 Å². The van der Waals surface area contributed by atoms with E-state index in [1.54, 1.807) is 12.1 Å². The van der Waals surface area contributed by atoms with Gasteiger partial charge in [-0.25, -0.2) is 18.4 Å². The van der Waals surface area contributed by atoms with Gasteiger partial charge in [-0.3, -0.25) is 0 Å². The monoisotopic (exact) mass is 341 g/mol. The number of aryl methyl sites for hydroxylation is 1. The Bertz CT molecular complexity index is 1030. The zero-order chi connectivity index (χ0) is 16.7. The minimum absolute atomic E-state index is 0.0118. The lowest BCUT2D eigenvalue weighted by Gasteiger charge is -2.11. The largest absolute Gasteiger partial charge is 0.392 e. The Morgan fingerprint density at radius 2 is 1.88 bits per heavy atom. The molecular formula is C17H15N3O3S. The molecule has 4 rings (SSSR count). The number of hydrogen-bond donors (Lipinski definition) is 2. The second-order valence-electron chi connectivity index (χ2n) is 5.71. The van der Waals surface area contributed by atoms with Crippen LogP contribution in [0.25, 0.3) is 10.9 Å². The van der Waals surface area contributed by atoms with Crippen LogP contribution in [0.2, 0.25) is 0 Å². The molecule has 0 spiro atoms. The van der Waals surface area contributed by atoms with Gasteiger partial charge in [-0.1, -0.05) is 12.1 Å². The van der Waals surface area contributed by atoms with E-state index >= 15 is 0 Å². The molecule has 0 unspecified atom stereocenters. The lowest BCUT2D eigenvalue weighted by molar-refractivity contribution is 0.282. The van der Waals surface area contributed by atoms with Crippen molar-refractivity contribution in [3.63, 3.8) is 0 Å². The Labute approximate surface area is 139 Å². The number of aliphatic hydroxyl groups excluding tert-OH is 1. The molecule has 0 radical (unpaired) electrons. The zero-order valence-electron chi connectivity index (χ0n) is 12.7. The first-order chi connectivity index (χ1) is 11.6. The van der Waals surface area contributed by atoms with Gasteiger partial charge in [-0.05, 0) is 41.8 Å². The van der Waals surface area contributed by atoms with Crippen LogP contribution in [0.15, 0.2) is 47.6 Å². The van der Waals surface area contributed by atoms with Crippen molar-refractivity contribution in [3.05, 3.63) is 53.9 Å². The van der Waals surface area contributed by atoms with Gasteiger partial charge in [0, 0.05) is 11.1 Å². The van der Waals surface area contributed by atoms with Crippen LogP contribution >= 0.6 is 0 Å². The van der Waals surface area contributed by atoms with Crippen LogP contribution in [0.4, 0.5) is 11.5 Å². The van der Waals surface area contributed by atoms with Crippen LogP contribution in [-0.4, -0.2) is 29.2 Å². The van der Waals surface area contributed by atoms with Gasteiger partial charge in [-0.2, -0.15) is 0 Å². The van der Waals surface area contributed by atoms with E-state index in [4.69, 9.17) is 5.11 Å². The topological polar surface area (TPSA) is 92.2 Å². The van der Waals surface area contributed by atoms with Gasteiger partial charge in [0.25, 0.3) is 0 Å². The molecule has 1 aliphatic heterocycles. The predicted molar refractivity (Wildman–Crippen MR) is 90.9 cm³/mol. The number of aliphatic hydroxyl groups is 1. The maximum atomic E-state index is 12.2. The summed E-state index contributed by atoms with van der Waals surface area (Å²) in [6.45, 7) is -0.0118. The highest BCUT2D eigenvalue weighted by molar-refractivity contribution is 7.91. The first-order valence-corrected chi connectivity index (χ1v) is 9.20. The molecule has 1 aliphatic rings. The number of nitrogens with zero attached hydrogens (tertiary/aromatic N) is 2. The van der Waals surface area contributed by atoms with Gasteiger partial charge < -0.3 is 10.4 Å². The second kappa shape index (κ2) is 5.54. The van der Waals surface area contributed by atoms with Crippen LogP contribution in [0.1, 0.15) is 11.1 Å². The van der Waals surface area contributed by atoms with Gasteiger partial charge >= 0.3 is 0 Å². The number of nitrogens with one attached hydrogen (secondary N) is 1. The molecule has 7 heteroatoms. The van der Waals surface area contributed by atoms with Crippen molar-refractivity contribution in [1.82, 2.24) is 9.97 Å². The summed E-state index contributed by atoms with van der Waals surface area (Å²) in [4.78, 5) is 8.94. The average molecular weight is 341 g/mol. The van der Waals surface area contributed by atoms with Crippen molar-refractivity contribution in [2.45, 2.75) is 17.9 Å². The van der Waals surface area contributed by atoms with E-state index in [-0.39, 0.29) is 12.4 Å². The van der Waals surface area contributed by atoms with E-state index < -0.39 is 9.84 Å². The Hall–Kier alpha value is -2.51. The summed E-state index contributed by atoms with van der Waals surface area (Å²) in [7, 11) is -3.21. The normalized spacial score (nSPS) is 15.4. The Morgan fingerprint density at radius 1 is 1.08 bits per heavy atom. The average Bonchev–Trinajstić information content (AvgIpc) is 2.91. The highest BCUT2D eigenvalue weighted by Gasteiger charge is 2.29. The van der Waals surface area contributed by atoms with Crippen molar-refractivity contribution in [2.24, 2.45) is 0 Å². The van der Waals surface area contributed by atoms with E-state index in [2.05, 4.69) is 15.3 Å². The van der Waals surface area contributed by atoms with Gasteiger partial charge in [-0.15, -0.1) is 0 Å². The fraction of sp³-hybridized carbons (Fsp3) is 0.176. The Morgan fingerprint density at radius 3 is 2.62 bits per heavy atom. The number of hydrogen-bond acceptors (Lipinski definition) is 6. The van der Waals surface area contributed by atoms with Crippen LogP contribution in [0.3, 0.4) is 0 Å². The van der Waals surface area contributed by atoms with E-state index in [9.17, 15) is 8.42 Å². The molecule has 24 heavy (non-hydrogen) atoms. The number of fused-ring (bicyclic) bond motifs is 3. The van der Waals surface area contributed by atoms with Crippen molar-refractivity contribution in [1.29, 1.82) is 0 Å². The third kappa shape index (κ3) is 2.42. The molecule has 2 aromatic carbocycles. The molecule has 1 aromatic heterocycles. The second-order valence-corrected chi connectivity index (χ2v) is 7.79. The molecule has 2 N–H and O–H groups in total. The van der Waals surface area contributed by atoms with Crippen LogP contribution < -0.4 is 5.32 Å². The SMILES string of the molecule is O=S1(=O)CCc2c1ccc1ncnc(Nc3ccc(CO)cc3)c21. The van der Waals surface area contributed by atoms with Crippen LogP contribution in [0.5, 0.6) is 0 Å². The van der Waals surface area contributed by atoms with Gasteiger partial charge in [0.15, 0.2) is 9.84 Å². The highest BCUT2D eigenvalue weighted by Crippen LogP contribution is 2.35. The number of aromatic nitrogens is 2. The minimum atomic E-state index is -3.21. The standard InChI is InChI=1S/C17H15N3O3S/c21-9-11-1-3-12(4-2-11)20-17-16-13-7-8-24(22,23)15(13)6-5-14(16)18-10-19-17/h1-6,10,21H,7-9H2,(H,18,19,20). The molecule has 3 aromatic rings. The summed E-state index contributed by atoms with van der Waals surface area (Å²) in [6, 6.07) is 10.7. The quantitative estimate of drug-likeness (QED) is 0.759. The van der Waals surface area contributed by atoms with Crippen molar-refractivity contribution >= 4 is 32.2 Å². The number of rotatable bonds is 3. The van der Waals surface area contributed by atoms with Crippen molar-refractivity contribution in [2.75, 3.05) is 11.1 Å². The van der Waals surface area contributed by atoms with Gasteiger partial charge in [0.2, 0.25) is 0 Å². The Balaban J connectivity index is 1.85.